The van der Waals surface area contributed by atoms with Crippen molar-refractivity contribution in [3.63, 3.8) is 0 Å². The average molecular weight is 313 g/mol. The second kappa shape index (κ2) is 5.59. The average Bonchev–Trinajstić information content (AvgIpc) is 2.37. The van der Waals surface area contributed by atoms with Gasteiger partial charge >= 0.3 is 0 Å². The van der Waals surface area contributed by atoms with Crippen LogP contribution < -0.4 is 5.32 Å². The highest BCUT2D eigenvalue weighted by molar-refractivity contribution is 9.10. The lowest BCUT2D eigenvalue weighted by atomic mass is 9.84. The Morgan fingerprint density at radius 2 is 2.11 bits per heavy atom. The Hall–Kier alpha value is -0.580. The molecule has 0 aliphatic carbocycles. The van der Waals surface area contributed by atoms with Gasteiger partial charge in [0.1, 0.15) is 0 Å². The van der Waals surface area contributed by atoms with Crippen LogP contribution in [0.3, 0.4) is 0 Å². The van der Waals surface area contributed by atoms with Crippen LogP contribution in [0.1, 0.15) is 19.8 Å². The molecule has 2 N–H and O–H groups in total. The third-order valence-electron chi connectivity index (χ3n) is 3.94. The monoisotopic (exact) mass is 312 g/mol. The molecule has 3 nitrogen and oxygen atoms in total. The smallest absolute Gasteiger partial charge is 0.0662 e. The van der Waals surface area contributed by atoms with E-state index in [9.17, 15) is 5.11 Å². The van der Waals surface area contributed by atoms with Crippen molar-refractivity contribution in [1.82, 2.24) is 4.90 Å². The van der Waals surface area contributed by atoms with Gasteiger partial charge in [0.2, 0.25) is 0 Å². The van der Waals surface area contributed by atoms with Crippen molar-refractivity contribution in [3.8, 4) is 0 Å². The standard InChI is InChI=1S/C14H21BrN2O/c1-11-9-14(10-18,7-8-17(11)2)16-13-5-3-12(15)4-6-13/h3-6,11,16,18H,7-10H2,1-2H3. The normalized spacial score (nSPS) is 29.2. The van der Waals surface area contributed by atoms with Gasteiger partial charge in [-0.25, -0.2) is 0 Å². The van der Waals surface area contributed by atoms with Crippen molar-refractivity contribution < 1.29 is 5.11 Å². The molecule has 2 rings (SSSR count). The maximum Gasteiger partial charge on any atom is 0.0662 e. The summed E-state index contributed by atoms with van der Waals surface area (Å²) in [6.07, 6.45) is 1.94. The lowest BCUT2D eigenvalue weighted by molar-refractivity contribution is 0.0969. The lowest BCUT2D eigenvalue weighted by Gasteiger charge is -2.44. The first-order valence-corrected chi connectivity index (χ1v) is 7.19. The number of benzene rings is 1. The Morgan fingerprint density at radius 1 is 1.44 bits per heavy atom. The zero-order valence-corrected chi connectivity index (χ0v) is 12.6. The zero-order valence-electron chi connectivity index (χ0n) is 11.0. The van der Waals surface area contributed by atoms with E-state index in [0.29, 0.717) is 6.04 Å². The van der Waals surface area contributed by atoms with E-state index in [0.717, 1.165) is 29.5 Å². The highest BCUT2D eigenvalue weighted by atomic mass is 79.9. The van der Waals surface area contributed by atoms with Gasteiger partial charge in [-0.15, -0.1) is 0 Å². The van der Waals surface area contributed by atoms with Crippen LogP contribution in [0, 0.1) is 0 Å². The van der Waals surface area contributed by atoms with E-state index in [1.165, 1.54) is 0 Å². The van der Waals surface area contributed by atoms with E-state index in [1.807, 2.05) is 24.3 Å². The molecule has 1 saturated heterocycles. The number of rotatable bonds is 3. The number of halogens is 1. The van der Waals surface area contributed by atoms with E-state index >= 15 is 0 Å². The fourth-order valence-electron chi connectivity index (χ4n) is 2.57. The van der Waals surface area contributed by atoms with Crippen LogP contribution in [-0.2, 0) is 0 Å². The second-order valence-corrected chi connectivity index (χ2v) is 6.27. The van der Waals surface area contributed by atoms with Gasteiger partial charge in [0.05, 0.1) is 12.1 Å². The number of aliphatic hydroxyl groups excluding tert-OH is 1. The number of likely N-dealkylation sites (tertiary alicyclic amines) is 1. The molecule has 0 amide bonds. The van der Waals surface area contributed by atoms with Crippen LogP contribution in [-0.4, -0.2) is 41.8 Å². The van der Waals surface area contributed by atoms with E-state index in [2.05, 4.69) is 40.1 Å². The molecule has 0 saturated carbocycles. The Balaban J connectivity index is 2.11. The molecule has 2 unspecified atom stereocenters. The number of aliphatic hydroxyl groups is 1. The van der Waals surface area contributed by atoms with Crippen molar-refractivity contribution in [1.29, 1.82) is 0 Å². The van der Waals surface area contributed by atoms with Crippen molar-refractivity contribution in [3.05, 3.63) is 28.7 Å². The maximum absolute atomic E-state index is 9.77. The Labute approximate surface area is 117 Å². The number of hydrogen-bond acceptors (Lipinski definition) is 3. The predicted octanol–water partition coefficient (Wildman–Crippen LogP) is 2.71. The third kappa shape index (κ3) is 3.05. The quantitative estimate of drug-likeness (QED) is 0.901. The Morgan fingerprint density at radius 3 is 2.67 bits per heavy atom. The number of piperidine rings is 1. The summed E-state index contributed by atoms with van der Waals surface area (Å²) in [6.45, 7) is 3.42. The highest BCUT2D eigenvalue weighted by Crippen LogP contribution is 2.30. The van der Waals surface area contributed by atoms with Crippen LogP contribution >= 0.6 is 15.9 Å². The predicted molar refractivity (Wildman–Crippen MR) is 78.9 cm³/mol. The Bertz CT molecular complexity index is 395. The molecule has 1 aliphatic rings. The van der Waals surface area contributed by atoms with Crippen molar-refractivity contribution in [2.45, 2.75) is 31.3 Å². The fourth-order valence-corrected chi connectivity index (χ4v) is 2.83. The number of anilines is 1. The first kappa shape index (κ1) is 13.8. The maximum atomic E-state index is 9.77. The summed E-state index contributed by atoms with van der Waals surface area (Å²) < 4.78 is 1.07. The number of nitrogens with one attached hydrogen (secondary N) is 1. The van der Waals surface area contributed by atoms with Gasteiger partial charge in [-0.3, -0.25) is 0 Å². The molecule has 0 radical (unpaired) electrons. The SMILES string of the molecule is CC1CC(CO)(Nc2ccc(Br)cc2)CCN1C. The van der Waals surface area contributed by atoms with Gasteiger partial charge in [0.15, 0.2) is 0 Å². The molecule has 1 aromatic rings. The lowest BCUT2D eigenvalue weighted by Crippen LogP contribution is -2.54. The van der Waals surface area contributed by atoms with Gasteiger partial charge in [0.25, 0.3) is 0 Å². The summed E-state index contributed by atoms with van der Waals surface area (Å²) in [5.41, 5.74) is 0.892. The van der Waals surface area contributed by atoms with Crippen molar-refractivity contribution in [2.75, 3.05) is 25.5 Å². The Kier molecular flexibility index (Phi) is 4.30. The molecular weight excluding hydrogens is 292 g/mol. The van der Waals surface area contributed by atoms with Crippen LogP contribution in [0.25, 0.3) is 0 Å². The molecular formula is C14H21BrN2O. The van der Waals surface area contributed by atoms with E-state index in [1.54, 1.807) is 0 Å². The van der Waals surface area contributed by atoms with Gasteiger partial charge in [-0.1, -0.05) is 15.9 Å². The van der Waals surface area contributed by atoms with Crippen molar-refractivity contribution in [2.24, 2.45) is 0 Å². The summed E-state index contributed by atoms with van der Waals surface area (Å²) >= 11 is 3.43. The highest BCUT2D eigenvalue weighted by Gasteiger charge is 2.36. The molecule has 1 heterocycles. The first-order valence-electron chi connectivity index (χ1n) is 6.39. The number of nitrogens with zero attached hydrogens (tertiary/aromatic N) is 1. The van der Waals surface area contributed by atoms with Crippen LogP contribution in [0.5, 0.6) is 0 Å². The minimum Gasteiger partial charge on any atom is -0.394 e. The summed E-state index contributed by atoms with van der Waals surface area (Å²) in [7, 11) is 2.14. The minimum atomic E-state index is -0.181. The molecule has 0 bridgehead atoms. The van der Waals surface area contributed by atoms with Crippen LogP contribution in [0.2, 0.25) is 0 Å². The minimum absolute atomic E-state index is 0.181. The molecule has 2 atom stereocenters. The molecule has 0 aromatic heterocycles. The molecule has 0 spiro atoms. The summed E-state index contributed by atoms with van der Waals surface area (Å²) in [5, 5.41) is 13.3. The molecule has 4 heteroatoms. The molecule has 100 valence electrons. The zero-order chi connectivity index (χ0) is 13.2. The topological polar surface area (TPSA) is 35.5 Å². The summed E-state index contributed by atoms with van der Waals surface area (Å²) in [6, 6.07) is 8.63. The molecule has 18 heavy (non-hydrogen) atoms. The molecule has 1 aromatic carbocycles. The van der Waals surface area contributed by atoms with Gasteiger partial charge < -0.3 is 15.3 Å². The van der Waals surface area contributed by atoms with Gasteiger partial charge in [0, 0.05) is 22.7 Å². The van der Waals surface area contributed by atoms with E-state index < -0.39 is 0 Å². The number of hydrogen-bond donors (Lipinski definition) is 2. The third-order valence-corrected chi connectivity index (χ3v) is 4.47. The largest absolute Gasteiger partial charge is 0.394 e. The van der Waals surface area contributed by atoms with E-state index in [-0.39, 0.29) is 12.1 Å². The second-order valence-electron chi connectivity index (χ2n) is 5.35. The molecule has 1 fully saturated rings. The fraction of sp³-hybridized carbons (Fsp3) is 0.571. The van der Waals surface area contributed by atoms with Crippen LogP contribution in [0.15, 0.2) is 28.7 Å². The molecule has 1 aliphatic heterocycles. The summed E-state index contributed by atoms with van der Waals surface area (Å²) in [5.74, 6) is 0. The van der Waals surface area contributed by atoms with Gasteiger partial charge in [-0.05, 0) is 51.1 Å². The summed E-state index contributed by atoms with van der Waals surface area (Å²) in [4.78, 5) is 2.34. The van der Waals surface area contributed by atoms with Crippen molar-refractivity contribution >= 4 is 21.6 Å². The van der Waals surface area contributed by atoms with Crippen LogP contribution in [0.4, 0.5) is 5.69 Å². The first-order chi connectivity index (χ1) is 8.54. The van der Waals surface area contributed by atoms with Gasteiger partial charge in [-0.2, -0.15) is 0 Å². The van der Waals surface area contributed by atoms with E-state index in [4.69, 9.17) is 0 Å².